The molecule has 0 unspecified atom stereocenters. The summed E-state index contributed by atoms with van der Waals surface area (Å²) in [6, 6.07) is 9.86. The second-order valence-corrected chi connectivity index (χ2v) is 4.78. The Balaban J connectivity index is 2.34. The smallest absolute Gasteiger partial charge is 0.272 e. The van der Waals surface area contributed by atoms with Crippen molar-refractivity contribution < 1.29 is 14.1 Å². The fourth-order valence-corrected chi connectivity index (χ4v) is 2.21. The number of hydrogen-bond donors (Lipinski definition) is 0. The van der Waals surface area contributed by atoms with E-state index in [0.29, 0.717) is 23.4 Å². The van der Waals surface area contributed by atoms with E-state index >= 15 is 0 Å². The average molecular weight is 302 g/mol. The van der Waals surface area contributed by atoms with Gasteiger partial charge in [0.05, 0.1) is 4.92 Å². The number of hydrogen-bond acceptors (Lipinski definition) is 3. The summed E-state index contributed by atoms with van der Waals surface area (Å²) < 4.78 is 13.0. The number of anilines is 1. The molecule has 0 N–H and O–H groups in total. The van der Waals surface area contributed by atoms with Crippen molar-refractivity contribution in [3.63, 3.8) is 0 Å². The molecule has 0 aliphatic carbocycles. The van der Waals surface area contributed by atoms with Crippen LogP contribution in [0.1, 0.15) is 22.8 Å². The Morgan fingerprint density at radius 2 is 1.86 bits per heavy atom. The molecule has 0 spiro atoms. The van der Waals surface area contributed by atoms with E-state index in [4.69, 9.17) is 0 Å². The molecule has 0 heterocycles. The Kier molecular flexibility index (Phi) is 4.50. The number of carbonyl (C=O) groups is 1. The van der Waals surface area contributed by atoms with Crippen molar-refractivity contribution in [2.45, 2.75) is 13.8 Å². The van der Waals surface area contributed by atoms with E-state index in [0.717, 1.165) is 0 Å². The summed E-state index contributed by atoms with van der Waals surface area (Å²) in [5.74, 6) is -0.662. The Bertz CT molecular complexity index is 714. The zero-order valence-electron chi connectivity index (χ0n) is 12.2. The van der Waals surface area contributed by atoms with Crippen LogP contribution in [0.3, 0.4) is 0 Å². The lowest BCUT2D eigenvalue weighted by Gasteiger charge is -2.21. The first-order chi connectivity index (χ1) is 10.4. The van der Waals surface area contributed by atoms with Crippen molar-refractivity contribution >= 4 is 17.3 Å². The highest BCUT2D eigenvalue weighted by atomic mass is 19.1. The van der Waals surface area contributed by atoms with E-state index in [2.05, 4.69) is 0 Å². The van der Waals surface area contributed by atoms with E-state index in [1.54, 1.807) is 13.8 Å². The third kappa shape index (κ3) is 3.11. The number of nitrogens with zero attached hydrogens (tertiary/aromatic N) is 2. The molecule has 0 aliphatic heterocycles. The second-order valence-electron chi connectivity index (χ2n) is 4.78. The van der Waals surface area contributed by atoms with Gasteiger partial charge in [0, 0.05) is 29.4 Å². The SMILES string of the molecule is CCN(C(=O)c1ccc([N+](=O)[O-])c(C)c1)c1ccc(F)cc1. The summed E-state index contributed by atoms with van der Waals surface area (Å²) in [4.78, 5) is 24.4. The van der Waals surface area contributed by atoms with E-state index in [9.17, 15) is 19.3 Å². The first-order valence-electron chi connectivity index (χ1n) is 6.76. The molecule has 0 radical (unpaired) electrons. The van der Waals surface area contributed by atoms with Gasteiger partial charge in [-0.25, -0.2) is 4.39 Å². The van der Waals surface area contributed by atoms with Crippen LogP contribution in [0.15, 0.2) is 42.5 Å². The first kappa shape index (κ1) is 15.6. The van der Waals surface area contributed by atoms with Crippen molar-refractivity contribution in [2.24, 2.45) is 0 Å². The third-order valence-corrected chi connectivity index (χ3v) is 3.34. The summed E-state index contributed by atoms with van der Waals surface area (Å²) in [5.41, 5.74) is 1.33. The molecule has 2 aromatic carbocycles. The molecule has 22 heavy (non-hydrogen) atoms. The average Bonchev–Trinajstić information content (AvgIpc) is 2.49. The zero-order valence-corrected chi connectivity index (χ0v) is 12.2. The van der Waals surface area contributed by atoms with E-state index in [-0.39, 0.29) is 17.4 Å². The first-order valence-corrected chi connectivity index (χ1v) is 6.76. The number of amides is 1. The quantitative estimate of drug-likeness (QED) is 0.639. The second kappa shape index (κ2) is 6.34. The molecule has 0 saturated carbocycles. The number of carbonyl (C=O) groups excluding carboxylic acids is 1. The standard InChI is InChI=1S/C16H15FN2O3/c1-3-18(14-7-5-13(17)6-8-14)16(20)12-4-9-15(19(21)22)11(2)10-12/h4-10H,3H2,1-2H3. The van der Waals surface area contributed by atoms with Crippen LogP contribution >= 0.6 is 0 Å². The highest BCUT2D eigenvalue weighted by molar-refractivity contribution is 6.06. The van der Waals surface area contributed by atoms with Crippen molar-refractivity contribution in [1.82, 2.24) is 0 Å². The van der Waals surface area contributed by atoms with Gasteiger partial charge in [-0.3, -0.25) is 14.9 Å². The van der Waals surface area contributed by atoms with Crippen LogP contribution in [-0.2, 0) is 0 Å². The molecule has 2 rings (SSSR count). The lowest BCUT2D eigenvalue weighted by atomic mass is 10.1. The fraction of sp³-hybridized carbons (Fsp3) is 0.188. The summed E-state index contributed by atoms with van der Waals surface area (Å²) in [7, 11) is 0. The minimum Gasteiger partial charge on any atom is -0.309 e. The molecule has 0 bridgehead atoms. The van der Waals surface area contributed by atoms with Crippen LogP contribution in [0, 0.1) is 22.9 Å². The molecule has 1 amide bonds. The number of nitro groups is 1. The van der Waals surface area contributed by atoms with Crippen molar-refractivity contribution in [3.05, 3.63) is 69.5 Å². The van der Waals surface area contributed by atoms with Crippen molar-refractivity contribution in [3.8, 4) is 0 Å². The largest absolute Gasteiger partial charge is 0.309 e. The monoisotopic (exact) mass is 302 g/mol. The maximum absolute atomic E-state index is 13.0. The number of nitro benzene ring substituents is 1. The van der Waals surface area contributed by atoms with Gasteiger partial charge in [0.1, 0.15) is 5.82 Å². The Labute approximate surface area is 127 Å². The predicted octanol–water partition coefficient (Wildman–Crippen LogP) is 3.71. The fourth-order valence-electron chi connectivity index (χ4n) is 2.21. The van der Waals surface area contributed by atoms with Crippen LogP contribution < -0.4 is 4.90 Å². The number of rotatable bonds is 4. The molecule has 0 atom stereocenters. The van der Waals surface area contributed by atoms with Crippen LogP contribution in [0.4, 0.5) is 15.8 Å². The number of aryl methyl sites for hydroxylation is 1. The topological polar surface area (TPSA) is 63.5 Å². The molecule has 0 fully saturated rings. The molecule has 2 aromatic rings. The van der Waals surface area contributed by atoms with Gasteiger partial charge in [-0.2, -0.15) is 0 Å². The van der Waals surface area contributed by atoms with Crippen molar-refractivity contribution in [2.75, 3.05) is 11.4 Å². The van der Waals surface area contributed by atoms with E-state index in [1.807, 2.05) is 0 Å². The van der Waals surface area contributed by atoms with E-state index in [1.165, 1.54) is 47.4 Å². The maximum atomic E-state index is 13.0. The minimum atomic E-state index is -0.485. The molecule has 6 heteroatoms. The number of halogens is 1. The van der Waals surface area contributed by atoms with Crippen LogP contribution in [0.5, 0.6) is 0 Å². The minimum absolute atomic E-state index is 0.0265. The maximum Gasteiger partial charge on any atom is 0.272 e. The summed E-state index contributed by atoms with van der Waals surface area (Å²) in [6.07, 6.45) is 0. The lowest BCUT2D eigenvalue weighted by Crippen LogP contribution is -2.30. The highest BCUT2D eigenvalue weighted by Gasteiger charge is 2.19. The van der Waals surface area contributed by atoms with Gasteiger partial charge < -0.3 is 4.90 Å². The normalized spacial score (nSPS) is 10.3. The van der Waals surface area contributed by atoms with Gasteiger partial charge >= 0.3 is 0 Å². The van der Waals surface area contributed by atoms with Crippen LogP contribution in [-0.4, -0.2) is 17.4 Å². The summed E-state index contributed by atoms with van der Waals surface area (Å²) in [6.45, 7) is 3.79. The van der Waals surface area contributed by atoms with Gasteiger partial charge in [-0.1, -0.05) is 0 Å². The van der Waals surface area contributed by atoms with Gasteiger partial charge in [0.25, 0.3) is 11.6 Å². The molecule has 5 nitrogen and oxygen atoms in total. The lowest BCUT2D eigenvalue weighted by molar-refractivity contribution is -0.385. The third-order valence-electron chi connectivity index (χ3n) is 3.34. The Morgan fingerprint density at radius 3 is 2.36 bits per heavy atom. The van der Waals surface area contributed by atoms with Gasteiger partial charge in [0.15, 0.2) is 0 Å². The molecular formula is C16H15FN2O3. The molecule has 0 aliphatic rings. The number of benzene rings is 2. The van der Waals surface area contributed by atoms with E-state index < -0.39 is 4.92 Å². The highest BCUT2D eigenvalue weighted by Crippen LogP contribution is 2.22. The van der Waals surface area contributed by atoms with Gasteiger partial charge in [-0.15, -0.1) is 0 Å². The summed E-state index contributed by atoms with van der Waals surface area (Å²) in [5, 5.41) is 10.8. The molecule has 0 saturated heterocycles. The van der Waals surface area contributed by atoms with Crippen LogP contribution in [0.2, 0.25) is 0 Å². The Hall–Kier alpha value is -2.76. The Morgan fingerprint density at radius 1 is 1.23 bits per heavy atom. The molecular weight excluding hydrogens is 287 g/mol. The van der Waals surface area contributed by atoms with Gasteiger partial charge in [-0.05, 0) is 50.2 Å². The summed E-state index contributed by atoms with van der Waals surface area (Å²) >= 11 is 0. The van der Waals surface area contributed by atoms with Crippen LogP contribution in [0.25, 0.3) is 0 Å². The van der Waals surface area contributed by atoms with Crippen molar-refractivity contribution in [1.29, 1.82) is 0 Å². The predicted molar refractivity (Wildman–Crippen MR) is 81.6 cm³/mol. The zero-order chi connectivity index (χ0) is 16.3. The molecule has 0 aromatic heterocycles. The van der Waals surface area contributed by atoms with Gasteiger partial charge in [0.2, 0.25) is 0 Å². The molecule has 114 valence electrons.